The van der Waals surface area contributed by atoms with E-state index in [1.165, 1.54) is 15.9 Å². The van der Waals surface area contributed by atoms with Crippen molar-refractivity contribution in [3.8, 4) is 0 Å². The number of hydrogen-bond donors (Lipinski definition) is 0. The molecule has 29 heavy (non-hydrogen) atoms. The summed E-state index contributed by atoms with van der Waals surface area (Å²) in [4.78, 5) is 12.3. The summed E-state index contributed by atoms with van der Waals surface area (Å²) in [5.74, 6) is -0.265. The Morgan fingerprint density at radius 3 is 1.55 bits per heavy atom. The minimum absolute atomic E-state index is 0.265. The van der Waals surface area contributed by atoms with Gasteiger partial charge in [0, 0.05) is 0 Å². The van der Waals surface area contributed by atoms with Gasteiger partial charge in [-0.05, 0) is 0 Å². The van der Waals surface area contributed by atoms with Crippen LogP contribution < -0.4 is 15.9 Å². The van der Waals surface area contributed by atoms with Crippen LogP contribution >= 0.6 is 20.8 Å². The van der Waals surface area contributed by atoms with E-state index in [2.05, 4.69) is 88.3 Å². The zero-order chi connectivity index (χ0) is 20.8. The molecule has 0 N–H and O–H groups in total. The van der Waals surface area contributed by atoms with Gasteiger partial charge in [0.25, 0.3) is 0 Å². The normalized spacial score (nSPS) is 13.3. The zero-order valence-electron chi connectivity index (χ0n) is 16.8. The second-order valence-corrected chi connectivity index (χ2v) is 16.0. The fraction of sp³-hybridized carbons (Fsp3) is 0.160. The molecule has 0 bridgehead atoms. The van der Waals surface area contributed by atoms with Crippen molar-refractivity contribution in [1.82, 2.24) is 0 Å². The Morgan fingerprint density at radius 2 is 1.21 bits per heavy atom. The summed E-state index contributed by atoms with van der Waals surface area (Å²) in [7, 11) is 0. The first-order valence-corrected chi connectivity index (χ1v) is 14.2. The number of halogens is 1. The number of carbonyl (C=O) groups excluding carboxylic acids is 1. The average molecular weight is 469 g/mol. The van der Waals surface area contributed by atoms with Crippen molar-refractivity contribution in [3.63, 3.8) is 0 Å². The van der Waals surface area contributed by atoms with Crippen molar-refractivity contribution >= 4 is 42.7 Å². The van der Waals surface area contributed by atoms with E-state index in [1.807, 2.05) is 38.1 Å². The summed E-state index contributed by atoms with van der Waals surface area (Å²) >= 11 is 4.37. The molecule has 2 nitrogen and oxygen atoms in total. The molecule has 150 valence electrons. The van der Waals surface area contributed by atoms with Gasteiger partial charge in [-0.15, -0.1) is 0 Å². The van der Waals surface area contributed by atoms with Crippen LogP contribution in [0.25, 0.3) is 0 Å². The van der Waals surface area contributed by atoms with Crippen molar-refractivity contribution in [3.05, 3.63) is 103 Å². The van der Waals surface area contributed by atoms with Crippen LogP contribution in [0.3, 0.4) is 0 Å². The molecule has 0 aliphatic carbocycles. The van der Waals surface area contributed by atoms with Gasteiger partial charge in [-0.3, -0.25) is 0 Å². The van der Waals surface area contributed by atoms with E-state index in [9.17, 15) is 4.79 Å². The van der Waals surface area contributed by atoms with Crippen molar-refractivity contribution in [2.24, 2.45) is 0 Å². The van der Waals surface area contributed by atoms with Crippen molar-refractivity contribution in [1.29, 1.82) is 0 Å². The summed E-state index contributed by atoms with van der Waals surface area (Å²) in [6, 6.07) is 31.6. The molecule has 0 aliphatic rings. The molecule has 4 heteroatoms. The van der Waals surface area contributed by atoms with E-state index in [0.29, 0.717) is 18.3 Å². The zero-order valence-corrected chi connectivity index (χ0v) is 19.3. The Hall–Kier alpha value is -2.22. The minimum atomic E-state index is -3.04. The molecule has 3 aromatic rings. The molecule has 0 heterocycles. The van der Waals surface area contributed by atoms with Gasteiger partial charge >= 0.3 is 181 Å². The van der Waals surface area contributed by atoms with Crippen LogP contribution in [-0.2, 0) is 9.53 Å². The van der Waals surface area contributed by atoms with Crippen LogP contribution in [0.15, 0.2) is 103 Å². The molecule has 0 spiro atoms. The number of esters is 1. The maximum atomic E-state index is 12.3. The van der Waals surface area contributed by atoms with E-state index in [-0.39, 0.29) is 5.97 Å². The first kappa shape index (κ1) is 21.5. The molecule has 3 aromatic carbocycles. The van der Waals surface area contributed by atoms with Crippen LogP contribution in [0.5, 0.6) is 0 Å². The van der Waals surface area contributed by atoms with Gasteiger partial charge in [0.05, 0.1) is 0 Å². The summed E-state index contributed by atoms with van der Waals surface area (Å²) in [6.07, 6.45) is 2.70. The second-order valence-electron chi connectivity index (χ2n) is 6.98. The van der Waals surface area contributed by atoms with Crippen LogP contribution in [0.2, 0.25) is 0 Å². The van der Waals surface area contributed by atoms with Gasteiger partial charge in [-0.1, -0.05) is 0 Å². The number of rotatable bonds is 7. The molecule has 0 saturated heterocycles. The van der Waals surface area contributed by atoms with E-state index in [4.69, 9.17) is 4.74 Å². The molecule has 0 amide bonds. The SMILES string of the molecule is CCOC(=O)/C(C)=C/CP(Br)(c1ccccc1)(c1ccccc1)c1ccccc1. The second kappa shape index (κ2) is 9.07. The van der Waals surface area contributed by atoms with Crippen molar-refractivity contribution in [2.75, 3.05) is 12.8 Å². The summed E-state index contributed by atoms with van der Waals surface area (Å²) in [5, 5.41) is 0.636. The number of benzene rings is 3. The van der Waals surface area contributed by atoms with E-state index in [1.54, 1.807) is 0 Å². The maximum absolute atomic E-state index is 12.3. The van der Waals surface area contributed by atoms with Crippen LogP contribution in [0.4, 0.5) is 0 Å². The predicted molar refractivity (Wildman–Crippen MR) is 129 cm³/mol. The van der Waals surface area contributed by atoms with Gasteiger partial charge in [0.15, 0.2) is 0 Å². The number of hydrogen-bond acceptors (Lipinski definition) is 2. The van der Waals surface area contributed by atoms with Gasteiger partial charge in [-0.25, -0.2) is 0 Å². The third kappa shape index (κ3) is 4.08. The standard InChI is InChI=1S/C25H26BrO2P/c1-3-28-25(27)21(2)19-20-29(26,22-13-7-4-8-14-22,23-15-9-5-10-16-23)24-17-11-6-12-18-24/h4-19H,3,20H2,1-2H3/b21-19+. The summed E-state index contributed by atoms with van der Waals surface area (Å²) < 4.78 is 5.21. The summed E-state index contributed by atoms with van der Waals surface area (Å²) in [5.41, 5.74) is 0.628. The molecular weight excluding hydrogens is 443 g/mol. The van der Waals surface area contributed by atoms with Gasteiger partial charge in [0.2, 0.25) is 0 Å². The molecule has 3 rings (SSSR count). The quantitative estimate of drug-likeness (QED) is 0.266. The van der Waals surface area contributed by atoms with Crippen LogP contribution in [0, 0.1) is 0 Å². The summed E-state index contributed by atoms with van der Waals surface area (Å²) in [6.45, 7) is 4.03. The number of carbonyl (C=O) groups is 1. The third-order valence-electron chi connectivity index (χ3n) is 5.22. The van der Waals surface area contributed by atoms with Gasteiger partial charge < -0.3 is 0 Å². The van der Waals surface area contributed by atoms with Gasteiger partial charge in [0.1, 0.15) is 0 Å². The molecule has 0 saturated carbocycles. The monoisotopic (exact) mass is 468 g/mol. The van der Waals surface area contributed by atoms with Crippen LogP contribution in [0.1, 0.15) is 13.8 Å². The molecule has 0 aliphatic heterocycles. The third-order valence-corrected chi connectivity index (χ3v) is 14.8. The molecule has 0 aromatic heterocycles. The molecule has 0 atom stereocenters. The van der Waals surface area contributed by atoms with E-state index >= 15 is 0 Å². The first-order chi connectivity index (χ1) is 14.0. The van der Waals surface area contributed by atoms with Crippen LogP contribution in [-0.4, -0.2) is 18.7 Å². The molecular formula is C25H26BrO2P. The fourth-order valence-electron chi connectivity index (χ4n) is 3.62. The molecule has 0 radical (unpaired) electrons. The van der Waals surface area contributed by atoms with E-state index < -0.39 is 5.31 Å². The Labute approximate surface area is 181 Å². The Morgan fingerprint density at radius 1 is 0.828 bits per heavy atom. The topological polar surface area (TPSA) is 26.3 Å². The number of allylic oxidation sites excluding steroid dienone is 1. The first-order valence-electron chi connectivity index (χ1n) is 9.74. The Bertz CT molecular complexity index is 886. The van der Waals surface area contributed by atoms with Crippen molar-refractivity contribution in [2.45, 2.75) is 13.8 Å². The predicted octanol–water partition coefficient (Wildman–Crippen LogP) is 5.34. The fourth-order valence-corrected chi connectivity index (χ4v) is 10.7. The molecule has 0 unspecified atom stereocenters. The molecule has 0 fully saturated rings. The Kier molecular flexibility index (Phi) is 6.72. The van der Waals surface area contributed by atoms with Gasteiger partial charge in [-0.2, -0.15) is 0 Å². The van der Waals surface area contributed by atoms with Crippen molar-refractivity contribution < 1.29 is 9.53 Å². The number of ether oxygens (including phenoxy) is 1. The average Bonchev–Trinajstić information content (AvgIpc) is 2.79. The Balaban J connectivity index is 2.30. The van der Waals surface area contributed by atoms with E-state index in [0.717, 1.165) is 0 Å².